The lowest BCUT2D eigenvalue weighted by atomic mass is 10.0. The number of carbonyl (C=O) groups excluding carboxylic acids is 1. The van der Waals surface area contributed by atoms with E-state index >= 15 is 0 Å². The van der Waals surface area contributed by atoms with E-state index in [2.05, 4.69) is 39.9 Å². The first-order valence-electron chi connectivity index (χ1n) is 10.3. The number of benzene rings is 2. The number of fused-ring (bicyclic) bond motifs is 2. The highest BCUT2D eigenvalue weighted by molar-refractivity contribution is 6.74. The molecule has 0 bridgehead atoms. The molecule has 2 aromatic carbocycles. The lowest BCUT2D eigenvalue weighted by Crippen LogP contribution is -2.40. The summed E-state index contributed by atoms with van der Waals surface area (Å²) >= 11 is 0. The number of esters is 1. The van der Waals surface area contributed by atoms with Crippen LogP contribution in [0.2, 0.25) is 18.1 Å². The predicted molar refractivity (Wildman–Crippen MR) is 118 cm³/mol. The summed E-state index contributed by atoms with van der Waals surface area (Å²) < 4.78 is 18.0. The molecule has 2 aromatic rings. The molecule has 4 nitrogen and oxygen atoms in total. The Kier molecular flexibility index (Phi) is 6.20. The fourth-order valence-electron chi connectivity index (χ4n) is 3.05. The maximum atomic E-state index is 12.9. The van der Waals surface area contributed by atoms with Gasteiger partial charge in [0.1, 0.15) is 0 Å². The molecule has 5 heteroatoms. The minimum atomic E-state index is -1.86. The van der Waals surface area contributed by atoms with Crippen LogP contribution in [0.5, 0.6) is 11.5 Å². The second-order valence-corrected chi connectivity index (χ2v) is 14.1. The van der Waals surface area contributed by atoms with Gasteiger partial charge in [-0.1, -0.05) is 44.5 Å². The molecule has 0 atom stereocenters. The van der Waals surface area contributed by atoms with Crippen LogP contribution in [-0.4, -0.2) is 20.9 Å². The maximum Gasteiger partial charge on any atom is 0.343 e. The van der Waals surface area contributed by atoms with Crippen molar-refractivity contribution in [2.24, 2.45) is 0 Å². The molecule has 0 fully saturated rings. The van der Waals surface area contributed by atoms with E-state index < -0.39 is 8.32 Å². The average molecular weight is 413 g/mol. The average Bonchev–Trinajstić information content (AvgIpc) is 2.63. The molecule has 1 aliphatic heterocycles. The molecule has 3 rings (SSSR count). The zero-order valence-electron chi connectivity index (χ0n) is 18.4. The van der Waals surface area contributed by atoms with Crippen LogP contribution in [0.25, 0.3) is 0 Å². The van der Waals surface area contributed by atoms with Crippen LogP contribution in [0.1, 0.15) is 54.2 Å². The van der Waals surface area contributed by atoms with E-state index in [0.717, 1.165) is 29.5 Å². The summed E-state index contributed by atoms with van der Waals surface area (Å²) in [5.41, 5.74) is 3.76. The Labute approximate surface area is 175 Å². The monoisotopic (exact) mass is 412 g/mol. The van der Waals surface area contributed by atoms with Crippen LogP contribution in [0, 0.1) is 6.92 Å². The van der Waals surface area contributed by atoms with Crippen LogP contribution in [0.4, 0.5) is 0 Å². The van der Waals surface area contributed by atoms with Crippen molar-refractivity contribution in [2.45, 2.75) is 65.3 Å². The highest BCUT2D eigenvalue weighted by Crippen LogP contribution is 2.38. The molecular formula is C24H32O4Si. The molecule has 0 saturated heterocycles. The molecule has 0 aliphatic carbocycles. The van der Waals surface area contributed by atoms with Gasteiger partial charge in [0.2, 0.25) is 0 Å². The maximum absolute atomic E-state index is 12.9. The molecule has 156 valence electrons. The van der Waals surface area contributed by atoms with Gasteiger partial charge in [-0.2, -0.15) is 0 Å². The quantitative estimate of drug-likeness (QED) is 0.349. The fraction of sp³-hybridized carbons (Fsp3) is 0.458. The summed E-state index contributed by atoms with van der Waals surface area (Å²) in [7, 11) is -1.86. The number of rotatable bonds is 3. The van der Waals surface area contributed by atoms with Crippen molar-refractivity contribution in [2.75, 3.05) is 6.61 Å². The largest absolute Gasteiger partial charge is 0.490 e. The molecule has 29 heavy (non-hydrogen) atoms. The molecule has 0 saturated carbocycles. The molecule has 0 N–H and O–H groups in total. The Morgan fingerprint density at radius 3 is 2.55 bits per heavy atom. The molecule has 0 spiro atoms. The van der Waals surface area contributed by atoms with Gasteiger partial charge in [-0.25, -0.2) is 4.79 Å². The zero-order chi connectivity index (χ0) is 21.2. The summed E-state index contributed by atoms with van der Waals surface area (Å²) in [6.45, 7) is 14.2. The summed E-state index contributed by atoms with van der Waals surface area (Å²) in [4.78, 5) is 12.9. The third-order valence-electron chi connectivity index (χ3n) is 5.95. The summed E-state index contributed by atoms with van der Waals surface area (Å²) in [5.74, 6) is 0.721. The Hall–Kier alpha value is -2.11. The smallest absolute Gasteiger partial charge is 0.343 e. The van der Waals surface area contributed by atoms with Crippen molar-refractivity contribution < 1.29 is 18.7 Å². The molecule has 1 aliphatic rings. The molecule has 0 amide bonds. The molecule has 0 radical (unpaired) electrons. The number of ether oxygens (including phenoxy) is 2. The molecular weight excluding hydrogens is 380 g/mol. The van der Waals surface area contributed by atoms with Crippen molar-refractivity contribution in [3.05, 3.63) is 58.7 Å². The number of hydrogen-bond donors (Lipinski definition) is 0. The highest BCUT2D eigenvalue weighted by Gasteiger charge is 2.37. The van der Waals surface area contributed by atoms with Crippen LogP contribution >= 0.6 is 0 Å². The van der Waals surface area contributed by atoms with E-state index in [1.54, 1.807) is 0 Å². The van der Waals surface area contributed by atoms with Crippen molar-refractivity contribution in [1.82, 2.24) is 0 Å². The van der Waals surface area contributed by atoms with E-state index in [0.29, 0.717) is 30.3 Å². The number of hydrogen-bond acceptors (Lipinski definition) is 4. The van der Waals surface area contributed by atoms with Crippen molar-refractivity contribution in [3.8, 4) is 11.5 Å². The zero-order valence-corrected chi connectivity index (χ0v) is 19.4. The van der Waals surface area contributed by atoms with E-state index in [-0.39, 0.29) is 11.0 Å². The number of aryl methyl sites for hydroxylation is 2. The Morgan fingerprint density at radius 2 is 1.83 bits per heavy atom. The molecule has 0 aromatic heterocycles. The first kappa shape index (κ1) is 21.6. The lowest BCUT2D eigenvalue weighted by Gasteiger charge is -2.36. The minimum Gasteiger partial charge on any atom is -0.490 e. The van der Waals surface area contributed by atoms with E-state index in [4.69, 9.17) is 13.9 Å². The van der Waals surface area contributed by atoms with Gasteiger partial charge in [-0.3, -0.25) is 0 Å². The molecule has 0 unspecified atom stereocenters. The van der Waals surface area contributed by atoms with Crippen LogP contribution in [0.15, 0.2) is 36.4 Å². The van der Waals surface area contributed by atoms with E-state index in [1.807, 2.05) is 37.3 Å². The van der Waals surface area contributed by atoms with Gasteiger partial charge in [0.25, 0.3) is 0 Å². The summed E-state index contributed by atoms with van der Waals surface area (Å²) in [5, 5.41) is 0.143. The van der Waals surface area contributed by atoms with Gasteiger partial charge < -0.3 is 13.9 Å². The summed E-state index contributed by atoms with van der Waals surface area (Å²) in [6, 6.07) is 11.6. The second kappa shape index (κ2) is 8.32. The Morgan fingerprint density at radius 1 is 1.07 bits per heavy atom. The van der Waals surface area contributed by atoms with Crippen molar-refractivity contribution in [3.63, 3.8) is 0 Å². The van der Waals surface area contributed by atoms with Crippen LogP contribution in [0.3, 0.4) is 0 Å². The topological polar surface area (TPSA) is 44.8 Å². The third-order valence-corrected chi connectivity index (χ3v) is 10.4. The van der Waals surface area contributed by atoms with Gasteiger partial charge in [0.05, 0.1) is 18.8 Å². The lowest BCUT2D eigenvalue weighted by molar-refractivity contribution is 0.0724. The van der Waals surface area contributed by atoms with Crippen molar-refractivity contribution >= 4 is 14.3 Å². The van der Waals surface area contributed by atoms with Gasteiger partial charge >= 0.3 is 5.97 Å². The predicted octanol–water partition coefficient (Wildman–Crippen LogP) is 6.06. The van der Waals surface area contributed by atoms with Gasteiger partial charge in [0, 0.05) is 0 Å². The van der Waals surface area contributed by atoms with Gasteiger partial charge in [-0.05, 0) is 67.2 Å². The minimum absolute atomic E-state index is 0.143. The summed E-state index contributed by atoms with van der Waals surface area (Å²) in [6.07, 6.45) is 1.64. The van der Waals surface area contributed by atoms with E-state index in [1.165, 1.54) is 0 Å². The van der Waals surface area contributed by atoms with Crippen LogP contribution in [-0.2, 0) is 17.5 Å². The van der Waals surface area contributed by atoms with Crippen molar-refractivity contribution in [1.29, 1.82) is 0 Å². The Balaban J connectivity index is 1.85. The normalized spacial score (nSPS) is 15.0. The SMILES string of the molecule is Cc1ccc2c(c1)CCCOc1ccc(CO[Si](C)(C)C(C)(C)C)cc1OC2=O. The van der Waals surface area contributed by atoms with E-state index in [9.17, 15) is 4.79 Å². The standard InChI is InChI=1S/C24H32O4Si/c1-17-9-11-20-19(14-17)8-7-13-26-21-12-10-18(15-22(21)28-23(20)25)16-27-29(5,6)24(2,3)4/h9-12,14-15H,7-8,13,16H2,1-6H3. The fourth-order valence-corrected chi connectivity index (χ4v) is 4.01. The third kappa shape index (κ3) is 5.09. The number of carbonyl (C=O) groups is 1. The van der Waals surface area contributed by atoms with Gasteiger partial charge in [-0.15, -0.1) is 0 Å². The molecule has 1 heterocycles. The first-order valence-corrected chi connectivity index (χ1v) is 13.2. The highest BCUT2D eigenvalue weighted by atomic mass is 28.4. The second-order valence-electron chi connectivity index (χ2n) is 9.33. The van der Waals surface area contributed by atoms with Gasteiger partial charge in [0.15, 0.2) is 19.8 Å². The van der Waals surface area contributed by atoms with Crippen LogP contribution < -0.4 is 9.47 Å². The first-order chi connectivity index (χ1) is 13.6. The Bertz CT molecular complexity index is 896.